The molecular formula is C18H18Cl2. The molecule has 0 amide bonds. The fourth-order valence-electron chi connectivity index (χ4n) is 2.54. The molecule has 0 saturated heterocycles. The van der Waals surface area contributed by atoms with Crippen LogP contribution in [0.15, 0.2) is 61.2 Å². The van der Waals surface area contributed by atoms with Crippen LogP contribution < -0.4 is 0 Å². The topological polar surface area (TPSA) is 0 Å². The van der Waals surface area contributed by atoms with Gasteiger partial charge in [-0.3, -0.25) is 0 Å². The Morgan fingerprint density at radius 2 is 1.70 bits per heavy atom. The van der Waals surface area contributed by atoms with E-state index >= 15 is 0 Å². The molecule has 0 spiro atoms. The summed E-state index contributed by atoms with van der Waals surface area (Å²) in [5, 5.41) is 1.55. The molecule has 2 rings (SSSR count). The highest BCUT2D eigenvalue weighted by molar-refractivity contribution is 6.30. The van der Waals surface area contributed by atoms with Gasteiger partial charge in [0.25, 0.3) is 0 Å². The predicted molar refractivity (Wildman–Crippen MR) is 88.9 cm³/mol. The van der Waals surface area contributed by atoms with Gasteiger partial charge < -0.3 is 0 Å². The lowest BCUT2D eigenvalue weighted by Crippen LogP contribution is -2.08. The molecule has 0 radical (unpaired) electrons. The minimum absolute atomic E-state index is 0.368. The van der Waals surface area contributed by atoms with Crippen LogP contribution >= 0.6 is 23.2 Å². The van der Waals surface area contributed by atoms with Gasteiger partial charge in [-0.25, -0.2) is 0 Å². The Bertz CT molecular complexity index is 572. The summed E-state index contributed by atoms with van der Waals surface area (Å²) < 4.78 is 0. The molecule has 0 unspecified atom stereocenters. The maximum atomic E-state index is 6.12. The summed E-state index contributed by atoms with van der Waals surface area (Å²) in [7, 11) is 0. The first-order chi connectivity index (χ1) is 9.61. The van der Waals surface area contributed by atoms with Crippen LogP contribution in [0.2, 0.25) is 10.0 Å². The van der Waals surface area contributed by atoms with Crippen molar-refractivity contribution in [2.24, 2.45) is 0 Å². The van der Waals surface area contributed by atoms with Gasteiger partial charge in [0, 0.05) is 10.0 Å². The van der Waals surface area contributed by atoms with E-state index in [0.29, 0.717) is 11.8 Å². The van der Waals surface area contributed by atoms with Crippen LogP contribution in [0.25, 0.3) is 0 Å². The SMILES string of the molecule is C=CC[C@@H](c1cccc(Cl)c1)[C@H](C)c1ccc(Cl)cc1. The van der Waals surface area contributed by atoms with Crippen LogP contribution in [0.5, 0.6) is 0 Å². The fraction of sp³-hybridized carbons (Fsp3) is 0.222. The number of benzene rings is 2. The maximum Gasteiger partial charge on any atom is 0.0408 e. The van der Waals surface area contributed by atoms with E-state index in [1.54, 1.807) is 0 Å². The smallest absolute Gasteiger partial charge is 0.0408 e. The standard InChI is InChI=1S/C18H18Cl2/c1-3-5-18(15-6-4-7-17(20)12-15)13(2)14-8-10-16(19)11-9-14/h3-4,6-13,18H,1,5H2,2H3/t13-,18-/m1/s1. The Labute approximate surface area is 131 Å². The highest BCUT2D eigenvalue weighted by Crippen LogP contribution is 2.36. The molecule has 0 N–H and O–H groups in total. The van der Waals surface area contributed by atoms with Gasteiger partial charge in [-0.1, -0.05) is 60.5 Å². The molecule has 0 fully saturated rings. The molecule has 0 saturated carbocycles. The van der Waals surface area contributed by atoms with E-state index in [1.807, 2.05) is 36.4 Å². The first-order valence-corrected chi connectivity index (χ1v) is 7.49. The van der Waals surface area contributed by atoms with Crippen molar-refractivity contribution >= 4 is 23.2 Å². The summed E-state index contributed by atoms with van der Waals surface area (Å²) in [5.41, 5.74) is 2.53. The molecule has 0 heterocycles. The molecular weight excluding hydrogens is 287 g/mol. The molecule has 20 heavy (non-hydrogen) atoms. The third kappa shape index (κ3) is 3.65. The largest absolute Gasteiger partial charge is 0.103 e. The molecule has 2 aromatic carbocycles. The Hall–Kier alpha value is -1.24. The first-order valence-electron chi connectivity index (χ1n) is 6.73. The van der Waals surface area contributed by atoms with Crippen molar-refractivity contribution < 1.29 is 0 Å². The lowest BCUT2D eigenvalue weighted by Gasteiger charge is -2.24. The number of allylic oxidation sites excluding steroid dienone is 1. The Kier molecular flexibility index (Phi) is 5.28. The average molecular weight is 305 g/mol. The van der Waals surface area contributed by atoms with Crippen molar-refractivity contribution in [3.63, 3.8) is 0 Å². The summed E-state index contributed by atoms with van der Waals surface area (Å²) in [5.74, 6) is 0.746. The fourth-order valence-corrected chi connectivity index (χ4v) is 2.87. The van der Waals surface area contributed by atoms with E-state index in [2.05, 4.69) is 31.7 Å². The normalized spacial score (nSPS) is 13.8. The van der Waals surface area contributed by atoms with Crippen LogP contribution in [-0.4, -0.2) is 0 Å². The molecule has 0 aliphatic rings. The molecule has 0 bridgehead atoms. The van der Waals surface area contributed by atoms with E-state index in [-0.39, 0.29) is 0 Å². The van der Waals surface area contributed by atoms with E-state index in [9.17, 15) is 0 Å². The average Bonchev–Trinajstić information content (AvgIpc) is 2.45. The first kappa shape index (κ1) is 15.2. The molecule has 0 aliphatic heterocycles. The quantitative estimate of drug-likeness (QED) is 0.556. The Balaban J connectivity index is 2.32. The highest BCUT2D eigenvalue weighted by atomic mass is 35.5. The van der Waals surface area contributed by atoms with Crippen molar-refractivity contribution in [2.45, 2.75) is 25.2 Å². The van der Waals surface area contributed by atoms with E-state index in [1.165, 1.54) is 11.1 Å². The summed E-state index contributed by atoms with van der Waals surface area (Å²) in [6, 6.07) is 16.1. The van der Waals surface area contributed by atoms with Crippen LogP contribution in [0.1, 0.15) is 36.3 Å². The van der Waals surface area contributed by atoms with Crippen LogP contribution in [0, 0.1) is 0 Å². The van der Waals surface area contributed by atoms with E-state index in [0.717, 1.165) is 16.5 Å². The van der Waals surface area contributed by atoms with Crippen molar-refractivity contribution in [3.05, 3.63) is 82.4 Å². The van der Waals surface area contributed by atoms with Gasteiger partial charge in [-0.05, 0) is 53.6 Å². The third-order valence-corrected chi connectivity index (χ3v) is 4.18. The summed E-state index contributed by atoms with van der Waals surface area (Å²) in [6.07, 6.45) is 2.89. The van der Waals surface area contributed by atoms with Gasteiger partial charge in [0.15, 0.2) is 0 Å². The monoisotopic (exact) mass is 304 g/mol. The number of hydrogen-bond acceptors (Lipinski definition) is 0. The minimum Gasteiger partial charge on any atom is -0.103 e. The van der Waals surface area contributed by atoms with Crippen molar-refractivity contribution in [3.8, 4) is 0 Å². The molecule has 0 aromatic heterocycles. The second kappa shape index (κ2) is 6.97. The number of rotatable bonds is 5. The van der Waals surface area contributed by atoms with Gasteiger partial charge in [-0.2, -0.15) is 0 Å². The lowest BCUT2D eigenvalue weighted by molar-refractivity contribution is 0.582. The minimum atomic E-state index is 0.368. The zero-order chi connectivity index (χ0) is 14.5. The maximum absolute atomic E-state index is 6.12. The summed E-state index contributed by atoms with van der Waals surface area (Å²) in [6.45, 7) is 6.12. The highest BCUT2D eigenvalue weighted by Gasteiger charge is 2.20. The summed E-state index contributed by atoms with van der Waals surface area (Å²) >= 11 is 12.1. The molecule has 2 heteroatoms. The van der Waals surface area contributed by atoms with E-state index in [4.69, 9.17) is 23.2 Å². The van der Waals surface area contributed by atoms with Gasteiger partial charge in [0.1, 0.15) is 0 Å². The van der Waals surface area contributed by atoms with Gasteiger partial charge in [0.05, 0.1) is 0 Å². The second-order valence-corrected chi connectivity index (χ2v) is 5.90. The van der Waals surface area contributed by atoms with E-state index < -0.39 is 0 Å². The van der Waals surface area contributed by atoms with Gasteiger partial charge in [0.2, 0.25) is 0 Å². The third-order valence-electron chi connectivity index (χ3n) is 3.70. The predicted octanol–water partition coefficient (Wildman–Crippen LogP) is 6.46. The van der Waals surface area contributed by atoms with Crippen molar-refractivity contribution in [2.75, 3.05) is 0 Å². The van der Waals surface area contributed by atoms with Crippen molar-refractivity contribution in [1.82, 2.24) is 0 Å². The zero-order valence-electron chi connectivity index (χ0n) is 11.5. The van der Waals surface area contributed by atoms with Crippen LogP contribution in [0.3, 0.4) is 0 Å². The number of halogens is 2. The lowest BCUT2D eigenvalue weighted by atomic mass is 9.81. The van der Waals surface area contributed by atoms with Crippen LogP contribution in [-0.2, 0) is 0 Å². The van der Waals surface area contributed by atoms with Gasteiger partial charge in [-0.15, -0.1) is 6.58 Å². The molecule has 2 aromatic rings. The summed E-state index contributed by atoms with van der Waals surface area (Å²) in [4.78, 5) is 0. The zero-order valence-corrected chi connectivity index (χ0v) is 13.0. The number of hydrogen-bond donors (Lipinski definition) is 0. The molecule has 104 valence electrons. The van der Waals surface area contributed by atoms with Crippen LogP contribution in [0.4, 0.5) is 0 Å². The molecule has 0 nitrogen and oxygen atoms in total. The second-order valence-electron chi connectivity index (χ2n) is 5.03. The van der Waals surface area contributed by atoms with Gasteiger partial charge >= 0.3 is 0 Å². The Morgan fingerprint density at radius 1 is 1.00 bits per heavy atom. The molecule has 0 aliphatic carbocycles. The van der Waals surface area contributed by atoms with Crippen molar-refractivity contribution in [1.29, 1.82) is 0 Å². The molecule has 2 atom stereocenters. The Morgan fingerprint density at radius 3 is 2.30 bits per heavy atom.